The van der Waals surface area contributed by atoms with E-state index >= 15 is 0 Å². The molecule has 170 valence electrons. The second-order valence-electron chi connectivity index (χ2n) is 7.73. The third-order valence-corrected chi connectivity index (χ3v) is 6.40. The molecular weight excluding hydrogens is 438 g/mol. The van der Waals surface area contributed by atoms with Crippen LogP contribution in [0.5, 0.6) is 5.75 Å². The number of thiophene rings is 1. The zero-order valence-electron chi connectivity index (χ0n) is 18.0. The molecule has 2 heterocycles. The average molecular weight is 464 g/mol. The van der Waals surface area contributed by atoms with Gasteiger partial charge in [-0.25, -0.2) is 0 Å². The molecule has 0 saturated carbocycles. The van der Waals surface area contributed by atoms with Gasteiger partial charge >= 0.3 is 0 Å². The lowest BCUT2D eigenvalue weighted by Gasteiger charge is -2.31. The van der Waals surface area contributed by atoms with Gasteiger partial charge in [-0.3, -0.25) is 25.2 Å². The summed E-state index contributed by atoms with van der Waals surface area (Å²) in [6, 6.07) is 20.9. The Morgan fingerprint density at radius 1 is 0.909 bits per heavy atom. The molecule has 0 radical (unpaired) electrons. The number of nitrogens with one attached hydrogen (secondary N) is 2. The molecule has 0 spiro atoms. The molecule has 8 heteroatoms. The van der Waals surface area contributed by atoms with E-state index in [1.54, 1.807) is 11.0 Å². The van der Waals surface area contributed by atoms with Crippen molar-refractivity contribution in [3.63, 3.8) is 0 Å². The van der Waals surface area contributed by atoms with Crippen LogP contribution in [0.2, 0.25) is 0 Å². The number of benzene rings is 2. The molecule has 4 rings (SSSR count). The number of hydrogen-bond donors (Lipinski definition) is 2. The quantitative estimate of drug-likeness (QED) is 0.548. The predicted octanol–water partition coefficient (Wildman–Crippen LogP) is 3.49. The van der Waals surface area contributed by atoms with Crippen LogP contribution in [0, 0.1) is 5.92 Å². The summed E-state index contributed by atoms with van der Waals surface area (Å²) in [7, 11) is 0. The summed E-state index contributed by atoms with van der Waals surface area (Å²) in [6.45, 7) is 0.808. The van der Waals surface area contributed by atoms with Gasteiger partial charge in [0.15, 0.2) is 6.61 Å². The highest BCUT2D eigenvalue weighted by atomic mass is 32.1. The number of hydrazine groups is 1. The molecule has 2 aromatic carbocycles. The van der Waals surface area contributed by atoms with E-state index in [4.69, 9.17) is 4.74 Å². The van der Waals surface area contributed by atoms with E-state index in [-0.39, 0.29) is 24.3 Å². The minimum atomic E-state index is -0.448. The van der Waals surface area contributed by atoms with Gasteiger partial charge in [0, 0.05) is 24.6 Å². The standard InChI is InChI=1S/C25H25N3O4S/c29-23(17-32-21-10-5-4-9-20(21)18-7-2-1-3-8-18)26-27-24(30)19-12-14-28(15-13-19)25(31)22-11-6-16-33-22/h1-11,16,19H,12-15,17H2,(H,26,29)(H,27,30). The van der Waals surface area contributed by atoms with E-state index in [0.717, 1.165) is 11.1 Å². The molecule has 33 heavy (non-hydrogen) atoms. The van der Waals surface area contributed by atoms with E-state index in [2.05, 4.69) is 10.9 Å². The van der Waals surface area contributed by atoms with Crippen LogP contribution >= 0.6 is 11.3 Å². The number of nitrogens with zero attached hydrogens (tertiary/aromatic N) is 1. The molecule has 0 unspecified atom stereocenters. The highest BCUT2D eigenvalue weighted by Crippen LogP contribution is 2.29. The molecule has 0 aliphatic carbocycles. The molecule has 2 N–H and O–H groups in total. The van der Waals surface area contributed by atoms with E-state index in [1.165, 1.54) is 11.3 Å². The minimum Gasteiger partial charge on any atom is -0.483 e. The third kappa shape index (κ3) is 5.78. The normalized spacial score (nSPS) is 13.9. The monoisotopic (exact) mass is 463 g/mol. The van der Waals surface area contributed by atoms with Gasteiger partial charge in [-0.1, -0.05) is 54.6 Å². The first-order valence-corrected chi connectivity index (χ1v) is 11.7. The van der Waals surface area contributed by atoms with Gasteiger partial charge in [0.25, 0.3) is 11.8 Å². The van der Waals surface area contributed by atoms with Gasteiger partial charge in [-0.05, 0) is 35.9 Å². The number of piperidine rings is 1. The Morgan fingerprint density at radius 3 is 2.36 bits per heavy atom. The van der Waals surface area contributed by atoms with Gasteiger partial charge < -0.3 is 9.64 Å². The number of para-hydroxylation sites is 1. The van der Waals surface area contributed by atoms with Crippen LogP contribution in [0.15, 0.2) is 72.1 Å². The molecule has 3 aromatic rings. The first-order valence-electron chi connectivity index (χ1n) is 10.8. The maximum Gasteiger partial charge on any atom is 0.276 e. The largest absolute Gasteiger partial charge is 0.483 e. The van der Waals surface area contributed by atoms with Gasteiger partial charge in [0.1, 0.15) is 5.75 Å². The van der Waals surface area contributed by atoms with Crippen LogP contribution < -0.4 is 15.6 Å². The molecule has 1 aromatic heterocycles. The van der Waals surface area contributed by atoms with Crippen molar-refractivity contribution >= 4 is 29.1 Å². The predicted molar refractivity (Wildman–Crippen MR) is 127 cm³/mol. The zero-order chi connectivity index (χ0) is 23.0. The van der Waals surface area contributed by atoms with Gasteiger partial charge in [-0.15, -0.1) is 11.3 Å². The maximum absolute atomic E-state index is 12.5. The number of carbonyl (C=O) groups is 3. The molecule has 0 atom stereocenters. The molecule has 7 nitrogen and oxygen atoms in total. The van der Waals surface area contributed by atoms with Gasteiger partial charge in [-0.2, -0.15) is 0 Å². The first-order chi connectivity index (χ1) is 16.1. The van der Waals surface area contributed by atoms with E-state index in [1.807, 2.05) is 66.0 Å². The lowest BCUT2D eigenvalue weighted by atomic mass is 9.96. The summed E-state index contributed by atoms with van der Waals surface area (Å²) in [4.78, 5) is 39.6. The number of ether oxygens (including phenoxy) is 1. The summed E-state index contributed by atoms with van der Waals surface area (Å²) in [6.07, 6.45) is 1.11. The summed E-state index contributed by atoms with van der Waals surface area (Å²) in [5, 5.41) is 1.88. The Labute approximate surface area is 196 Å². The lowest BCUT2D eigenvalue weighted by Crippen LogP contribution is -2.49. The second-order valence-corrected chi connectivity index (χ2v) is 8.68. The van der Waals surface area contributed by atoms with Crippen molar-refractivity contribution in [2.45, 2.75) is 12.8 Å². The fourth-order valence-corrected chi connectivity index (χ4v) is 4.45. The van der Waals surface area contributed by atoms with Crippen LogP contribution in [0.4, 0.5) is 0 Å². The smallest absolute Gasteiger partial charge is 0.276 e. The Balaban J connectivity index is 1.22. The summed E-state index contributed by atoms with van der Waals surface area (Å²) in [5.74, 6) is -0.358. The lowest BCUT2D eigenvalue weighted by molar-refractivity contribution is -0.132. The van der Waals surface area contributed by atoms with Crippen molar-refractivity contribution in [1.29, 1.82) is 0 Å². The molecular formula is C25H25N3O4S. The number of hydrogen-bond acceptors (Lipinski definition) is 5. The van der Waals surface area contributed by atoms with E-state index in [0.29, 0.717) is 36.6 Å². The highest BCUT2D eigenvalue weighted by Gasteiger charge is 2.28. The van der Waals surface area contributed by atoms with Crippen LogP contribution in [0.25, 0.3) is 11.1 Å². The molecule has 0 bridgehead atoms. The topological polar surface area (TPSA) is 87.7 Å². The Hall–Kier alpha value is -3.65. The molecule has 1 fully saturated rings. The maximum atomic E-state index is 12.5. The number of carbonyl (C=O) groups excluding carboxylic acids is 3. The summed E-state index contributed by atoms with van der Waals surface area (Å²) >= 11 is 1.42. The molecule has 1 aliphatic rings. The Kier molecular flexibility index (Phi) is 7.36. The fraction of sp³-hybridized carbons (Fsp3) is 0.240. The van der Waals surface area contributed by atoms with Crippen molar-refractivity contribution in [2.24, 2.45) is 5.92 Å². The van der Waals surface area contributed by atoms with Crippen molar-refractivity contribution in [2.75, 3.05) is 19.7 Å². The summed E-state index contributed by atoms with van der Waals surface area (Å²) in [5.41, 5.74) is 6.79. The zero-order valence-corrected chi connectivity index (χ0v) is 18.8. The van der Waals surface area contributed by atoms with Gasteiger partial charge in [0.2, 0.25) is 5.91 Å². The second kappa shape index (κ2) is 10.8. The number of rotatable bonds is 6. The van der Waals surface area contributed by atoms with Crippen LogP contribution in [-0.4, -0.2) is 42.3 Å². The van der Waals surface area contributed by atoms with Crippen LogP contribution in [0.1, 0.15) is 22.5 Å². The average Bonchev–Trinajstić information content (AvgIpc) is 3.41. The molecule has 3 amide bonds. The van der Waals surface area contributed by atoms with Gasteiger partial charge in [0.05, 0.1) is 4.88 Å². The highest BCUT2D eigenvalue weighted by molar-refractivity contribution is 7.12. The Morgan fingerprint density at radius 2 is 1.64 bits per heavy atom. The number of amides is 3. The fourth-order valence-electron chi connectivity index (χ4n) is 3.76. The van der Waals surface area contributed by atoms with Crippen LogP contribution in [-0.2, 0) is 9.59 Å². The first kappa shape index (κ1) is 22.5. The van der Waals surface area contributed by atoms with E-state index < -0.39 is 5.91 Å². The molecule has 1 saturated heterocycles. The minimum absolute atomic E-state index is 0.00472. The van der Waals surface area contributed by atoms with E-state index in [9.17, 15) is 14.4 Å². The van der Waals surface area contributed by atoms with Crippen LogP contribution in [0.3, 0.4) is 0 Å². The summed E-state index contributed by atoms with van der Waals surface area (Å²) < 4.78 is 5.70. The van der Waals surface area contributed by atoms with Crippen molar-refractivity contribution < 1.29 is 19.1 Å². The number of likely N-dealkylation sites (tertiary alicyclic amines) is 1. The molecule has 1 aliphatic heterocycles. The Bertz CT molecular complexity index is 1090. The SMILES string of the molecule is O=C(COc1ccccc1-c1ccccc1)NNC(=O)C1CCN(C(=O)c2cccs2)CC1. The third-order valence-electron chi connectivity index (χ3n) is 5.54. The van der Waals surface area contributed by atoms with Crippen molar-refractivity contribution in [3.05, 3.63) is 77.0 Å². The van der Waals surface area contributed by atoms with Crippen molar-refractivity contribution in [1.82, 2.24) is 15.8 Å². The van der Waals surface area contributed by atoms with Crippen molar-refractivity contribution in [3.8, 4) is 16.9 Å².